The molecule has 0 aromatic rings. The Morgan fingerprint density at radius 2 is 1.88 bits per heavy atom. The van der Waals surface area contributed by atoms with Crippen LogP contribution in [-0.2, 0) is 0 Å². The number of hydrogen-bond acceptors (Lipinski definition) is 0. The van der Waals surface area contributed by atoms with Crippen molar-refractivity contribution in [2.45, 2.75) is 58.2 Å². The summed E-state index contributed by atoms with van der Waals surface area (Å²) in [7, 11) is -1.16. The van der Waals surface area contributed by atoms with E-state index in [1.807, 2.05) is 0 Å². The fourth-order valence-corrected chi connectivity index (χ4v) is 3.20. The van der Waals surface area contributed by atoms with Gasteiger partial charge in [0, 0.05) is 11.8 Å². The van der Waals surface area contributed by atoms with Gasteiger partial charge in [0.2, 0.25) is 0 Å². The number of alkyl halides is 1. The molecule has 1 aliphatic rings. The van der Waals surface area contributed by atoms with Crippen LogP contribution in [0.1, 0.15) is 38.5 Å². The maximum absolute atomic E-state index is 4.17. The van der Waals surface area contributed by atoms with Crippen molar-refractivity contribution in [1.82, 2.24) is 0 Å². The first-order valence-electron chi connectivity index (χ1n) is 6.64. The van der Waals surface area contributed by atoms with Gasteiger partial charge in [0.1, 0.15) is 8.07 Å². The molecular formula is C15H25BrSi. The second-order valence-corrected chi connectivity index (χ2v) is 11.8. The molecule has 0 heterocycles. The number of unbranched alkanes of at least 4 members (excludes halogenated alkanes) is 1. The topological polar surface area (TPSA) is 0 Å². The molecule has 1 atom stereocenters. The smallest absolute Gasteiger partial charge is 0.129 e. The van der Waals surface area contributed by atoms with Crippen LogP contribution in [0.4, 0.5) is 0 Å². The minimum absolute atomic E-state index is 0.509. The van der Waals surface area contributed by atoms with Gasteiger partial charge < -0.3 is 0 Å². The van der Waals surface area contributed by atoms with Crippen LogP contribution in [0.25, 0.3) is 0 Å². The van der Waals surface area contributed by atoms with Gasteiger partial charge in [0.25, 0.3) is 0 Å². The summed E-state index contributed by atoms with van der Waals surface area (Å²) in [6, 6.07) is 0. The van der Waals surface area contributed by atoms with Crippen molar-refractivity contribution in [2.75, 3.05) is 5.33 Å². The zero-order valence-electron chi connectivity index (χ0n) is 11.5. The molecule has 1 fully saturated rings. The predicted octanol–water partition coefficient (Wildman–Crippen LogP) is 5.16. The lowest BCUT2D eigenvalue weighted by Crippen LogP contribution is -2.16. The van der Waals surface area contributed by atoms with Crippen molar-refractivity contribution in [3.05, 3.63) is 12.2 Å². The van der Waals surface area contributed by atoms with Crippen LogP contribution >= 0.6 is 15.9 Å². The third kappa shape index (κ3) is 5.44. The maximum Gasteiger partial charge on any atom is 0.129 e. The first kappa shape index (κ1) is 15.1. The molecule has 0 saturated heterocycles. The molecule has 0 spiro atoms. The predicted molar refractivity (Wildman–Crippen MR) is 84.2 cm³/mol. The summed E-state index contributed by atoms with van der Waals surface area (Å²) in [4.78, 5) is 0. The molecule has 2 heteroatoms. The third-order valence-electron chi connectivity index (χ3n) is 3.39. The highest BCUT2D eigenvalue weighted by molar-refractivity contribution is 9.09. The fourth-order valence-electron chi connectivity index (χ4n) is 2.27. The third-order valence-corrected chi connectivity index (χ3v) is 4.87. The molecule has 1 rings (SSSR count). The Balaban J connectivity index is 2.25. The summed E-state index contributed by atoms with van der Waals surface area (Å²) in [5.74, 6) is 3.37. The van der Waals surface area contributed by atoms with Crippen molar-refractivity contribution in [2.24, 2.45) is 5.41 Å². The minimum Gasteiger partial charge on any atom is -0.132 e. The van der Waals surface area contributed by atoms with Crippen LogP contribution in [0.3, 0.4) is 0 Å². The van der Waals surface area contributed by atoms with Crippen LogP contribution in [0, 0.1) is 16.9 Å². The van der Waals surface area contributed by atoms with Gasteiger partial charge in [0.05, 0.1) is 0 Å². The molecule has 1 unspecified atom stereocenters. The van der Waals surface area contributed by atoms with E-state index in [9.17, 15) is 0 Å². The molecule has 0 aromatic carbocycles. The highest BCUT2D eigenvalue weighted by Crippen LogP contribution is 2.57. The van der Waals surface area contributed by atoms with Gasteiger partial charge in [-0.25, -0.2) is 0 Å². The van der Waals surface area contributed by atoms with Gasteiger partial charge in [-0.15, -0.1) is 11.5 Å². The molecule has 0 aliphatic heterocycles. The van der Waals surface area contributed by atoms with E-state index in [2.05, 4.69) is 53.6 Å². The van der Waals surface area contributed by atoms with Gasteiger partial charge in [-0.1, -0.05) is 47.7 Å². The Bertz CT molecular complexity index is 329. The summed E-state index contributed by atoms with van der Waals surface area (Å²) >= 11 is 3.52. The Labute approximate surface area is 116 Å². The van der Waals surface area contributed by atoms with Crippen LogP contribution in [0.15, 0.2) is 12.2 Å². The molecule has 0 radical (unpaired) electrons. The van der Waals surface area contributed by atoms with Gasteiger partial charge >= 0.3 is 0 Å². The van der Waals surface area contributed by atoms with E-state index in [-0.39, 0.29) is 0 Å². The fraction of sp³-hybridized carbons (Fsp3) is 0.733. The Morgan fingerprint density at radius 3 is 2.35 bits per heavy atom. The molecule has 96 valence electrons. The van der Waals surface area contributed by atoms with E-state index < -0.39 is 8.07 Å². The molecule has 1 aliphatic carbocycles. The molecule has 0 amide bonds. The minimum atomic E-state index is -1.16. The summed E-state index contributed by atoms with van der Waals surface area (Å²) in [5, 5.41) is 1.12. The molecule has 17 heavy (non-hydrogen) atoms. The normalized spacial score (nSPS) is 23.2. The number of allylic oxidation sites excluding steroid dienone is 1. The van der Waals surface area contributed by atoms with E-state index in [0.717, 1.165) is 11.8 Å². The van der Waals surface area contributed by atoms with E-state index in [1.165, 1.54) is 37.7 Å². The number of halogens is 1. The van der Waals surface area contributed by atoms with Crippen molar-refractivity contribution < 1.29 is 0 Å². The van der Waals surface area contributed by atoms with E-state index >= 15 is 0 Å². The van der Waals surface area contributed by atoms with Crippen LogP contribution in [0.2, 0.25) is 19.6 Å². The van der Waals surface area contributed by atoms with E-state index in [4.69, 9.17) is 0 Å². The second-order valence-electron chi connectivity index (χ2n) is 6.26. The van der Waals surface area contributed by atoms with E-state index in [0.29, 0.717) is 5.41 Å². The molecule has 1 saturated carbocycles. The zero-order valence-corrected chi connectivity index (χ0v) is 14.1. The zero-order chi connectivity index (χ0) is 12.9. The summed E-state index contributed by atoms with van der Waals surface area (Å²) < 4.78 is 0. The Kier molecular flexibility index (Phi) is 5.53. The first-order chi connectivity index (χ1) is 7.90. The Morgan fingerprint density at radius 1 is 1.29 bits per heavy atom. The molecular weight excluding hydrogens is 288 g/mol. The lowest BCUT2D eigenvalue weighted by Gasteiger charge is -2.12. The van der Waals surface area contributed by atoms with Crippen molar-refractivity contribution in [3.8, 4) is 11.5 Å². The summed E-state index contributed by atoms with van der Waals surface area (Å²) in [5.41, 5.74) is 5.43. The van der Waals surface area contributed by atoms with Crippen LogP contribution in [0.5, 0.6) is 0 Å². The highest BCUT2D eigenvalue weighted by Gasteiger charge is 2.45. The largest absolute Gasteiger partial charge is 0.132 e. The molecule has 0 bridgehead atoms. The first-order valence-corrected chi connectivity index (χ1v) is 11.3. The lowest BCUT2D eigenvalue weighted by molar-refractivity contribution is 0.437. The average Bonchev–Trinajstić information content (AvgIpc) is 2.85. The van der Waals surface area contributed by atoms with Crippen LogP contribution < -0.4 is 0 Å². The quantitative estimate of drug-likeness (QED) is 0.209. The van der Waals surface area contributed by atoms with Crippen molar-refractivity contribution >= 4 is 24.0 Å². The van der Waals surface area contributed by atoms with E-state index in [1.54, 1.807) is 0 Å². The molecule has 0 nitrogen and oxygen atoms in total. The number of rotatable bonds is 6. The SMILES string of the molecule is C=C1CC1(CCCBr)CCCC#C[Si](C)(C)C. The van der Waals surface area contributed by atoms with Gasteiger partial charge in [0.15, 0.2) is 0 Å². The molecule has 0 N–H and O–H groups in total. The van der Waals surface area contributed by atoms with Gasteiger partial charge in [-0.05, 0) is 37.5 Å². The number of hydrogen-bond donors (Lipinski definition) is 0. The Hall–Kier alpha value is -0.00312. The monoisotopic (exact) mass is 312 g/mol. The lowest BCUT2D eigenvalue weighted by atomic mass is 9.93. The van der Waals surface area contributed by atoms with Gasteiger partial charge in [-0.2, -0.15) is 0 Å². The molecule has 0 aromatic heterocycles. The average molecular weight is 313 g/mol. The standard InChI is InChI=1S/C15H25BrSi/c1-14-13-15(14,10-8-11-16)9-6-5-7-12-17(2,3)4/h1,5-6,8-11,13H2,2-4H3. The summed E-state index contributed by atoms with van der Waals surface area (Å²) in [6.07, 6.45) is 7.49. The summed E-state index contributed by atoms with van der Waals surface area (Å²) in [6.45, 7) is 11.1. The van der Waals surface area contributed by atoms with Gasteiger partial charge in [-0.3, -0.25) is 0 Å². The van der Waals surface area contributed by atoms with Crippen LogP contribution in [-0.4, -0.2) is 13.4 Å². The second kappa shape index (κ2) is 6.25. The van der Waals surface area contributed by atoms with Crippen molar-refractivity contribution in [3.63, 3.8) is 0 Å². The maximum atomic E-state index is 4.17. The highest BCUT2D eigenvalue weighted by atomic mass is 79.9. The van der Waals surface area contributed by atoms with Crippen molar-refractivity contribution in [1.29, 1.82) is 0 Å².